The van der Waals surface area contributed by atoms with E-state index in [1.807, 2.05) is 6.92 Å². The maximum Gasteiger partial charge on any atom is 0.221 e. The summed E-state index contributed by atoms with van der Waals surface area (Å²) in [6, 6.07) is 0. The molecule has 1 aliphatic carbocycles. The van der Waals surface area contributed by atoms with E-state index < -0.39 is 15.3 Å². The van der Waals surface area contributed by atoms with Gasteiger partial charge < -0.3 is 5.73 Å². The Morgan fingerprint density at radius 1 is 1.60 bits per heavy atom. The molecule has 1 atom stereocenters. The molecule has 1 rings (SSSR count). The summed E-state index contributed by atoms with van der Waals surface area (Å²) in [5.74, 6) is 0. The molecule has 0 saturated heterocycles. The lowest BCUT2D eigenvalue weighted by Gasteiger charge is -2.39. The van der Waals surface area contributed by atoms with Gasteiger partial charge in [-0.1, -0.05) is 19.1 Å². The van der Waals surface area contributed by atoms with E-state index in [9.17, 15) is 8.42 Å². The molecule has 1 saturated carbocycles. The first-order chi connectivity index (χ1) is 6.81. The molecule has 1 unspecified atom stereocenters. The zero-order chi connectivity index (χ0) is 11.7. The van der Waals surface area contributed by atoms with Gasteiger partial charge in [-0.05, 0) is 32.6 Å². The number of thiocarbonyl (C=S) groups is 1. The number of sulfonamides is 1. The fourth-order valence-corrected chi connectivity index (χ4v) is 4.12. The molecule has 0 radical (unpaired) electrons. The largest absolute Gasteiger partial charge is 0.392 e. The van der Waals surface area contributed by atoms with Crippen LogP contribution in [-0.4, -0.2) is 24.2 Å². The molecular formula is C9H18N2O2S2. The standard InChI is InChI=1S/C9H18N2O2S2/c1-3-7(8(10)14)15(12,13)11-9(2)5-4-6-9/h7,11H,3-6H2,1-2H3,(H2,10,14). The highest BCUT2D eigenvalue weighted by Crippen LogP contribution is 2.32. The third kappa shape index (κ3) is 2.89. The first-order valence-electron chi connectivity index (χ1n) is 5.13. The van der Waals surface area contributed by atoms with E-state index >= 15 is 0 Å². The van der Waals surface area contributed by atoms with Crippen LogP contribution in [0.4, 0.5) is 0 Å². The van der Waals surface area contributed by atoms with Crippen LogP contribution in [-0.2, 0) is 10.0 Å². The molecule has 0 heterocycles. The second-order valence-corrected chi connectivity index (χ2v) is 6.70. The van der Waals surface area contributed by atoms with E-state index in [0.29, 0.717) is 6.42 Å². The monoisotopic (exact) mass is 250 g/mol. The van der Waals surface area contributed by atoms with Gasteiger partial charge in [0, 0.05) is 5.54 Å². The van der Waals surface area contributed by atoms with Crippen molar-refractivity contribution in [3.05, 3.63) is 0 Å². The molecule has 4 nitrogen and oxygen atoms in total. The van der Waals surface area contributed by atoms with Gasteiger partial charge in [0.05, 0.1) is 4.99 Å². The van der Waals surface area contributed by atoms with Crippen molar-refractivity contribution in [1.82, 2.24) is 4.72 Å². The van der Waals surface area contributed by atoms with E-state index in [-0.39, 0.29) is 10.5 Å². The number of nitrogens with two attached hydrogens (primary N) is 1. The number of rotatable bonds is 5. The Morgan fingerprint density at radius 2 is 2.13 bits per heavy atom. The first kappa shape index (κ1) is 12.9. The molecule has 15 heavy (non-hydrogen) atoms. The minimum absolute atomic E-state index is 0.0490. The van der Waals surface area contributed by atoms with Crippen LogP contribution in [0, 0.1) is 0 Å². The fraction of sp³-hybridized carbons (Fsp3) is 0.889. The Bertz CT molecular complexity index is 347. The summed E-state index contributed by atoms with van der Waals surface area (Å²) in [5.41, 5.74) is 5.14. The summed E-state index contributed by atoms with van der Waals surface area (Å²) in [5, 5.41) is -0.745. The molecule has 0 spiro atoms. The molecule has 0 amide bonds. The third-order valence-electron chi connectivity index (χ3n) is 2.91. The van der Waals surface area contributed by atoms with Crippen LogP contribution in [0.3, 0.4) is 0 Å². The SMILES string of the molecule is CCC(C(N)=S)S(=O)(=O)NC1(C)CCC1. The summed E-state index contributed by atoms with van der Waals surface area (Å²) in [7, 11) is -3.41. The molecule has 0 aromatic heterocycles. The Kier molecular flexibility index (Phi) is 3.73. The maximum atomic E-state index is 11.9. The van der Waals surface area contributed by atoms with Gasteiger partial charge in [0.1, 0.15) is 5.25 Å². The summed E-state index contributed by atoms with van der Waals surface area (Å²) in [4.78, 5) is 0.0490. The van der Waals surface area contributed by atoms with Crippen molar-refractivity contribution in [2.24, 2.45) is 5.73 Å². The van der Waals surface area contributed by atoms with E-state index in [0.717, 1.165) is 19.3 Å². The van der Waals surface area contributed by atoms with Gasteiger partial charge in [0.15, 0.2) is 0 Å². The van der Waals surface area contributed by atoms with Crippen molar-refractivity contribution in [2.45, 2.75) is 50.3 Å². The normalized spacial score (nSPS) is 21.7. The highest BCUT2D eigenvalue weighted by Gasteiger charge is 2.38. The minimum atomic E-state index is -3.41. The summed E-state index contributed by atoms with van der Waals surface area (Å²) < 4.78 is 26.6. The predicted octanol–water partition coefficient (Wildman–Crippen LogP) is 0.913. The van der Waals surface area contributed by atoms with E-state index in [2.05, 4.69) is 4.72 Å². The van der Waals surface area contributed by atoms with Crippen molar-refractivity contribution in [3.8, 4) is 0 Å². The quantitative estimate of drug-likeness (QED) is 0.712. The highest BCUT2D eigenvalue weighted by atomic mass is 32.2. The van der Waals surface area contributed by atoms with Gasteiger partial charge in [-0.25, -0.2) is 13.1 Å². The molecule has 0 bridgehead atoms. The van der Waals surface area contributed by atoms with E-state index in [4.69, 9.17) is 18.0 Å². The van der Waals surface area contributed by atoms with Crippen molar-refractivity contribution in [3.63, 3.8) is 0 Å². The van der Waals surface area contributed by atoms with Gasteiger partial charge >= 0.3 is 0 Å². The van der Waals surface area contributed by atoms with Crippen LogP contribution in [0.2, 0.25) is 0 Å². The predicted molar refractivity (Wildman–Crippen MR) is 65.2 cm³/mol. The molecular weight excluding hydrogens is 232 g/mol. The lowest BCUT2D eigenvalue weighted by atomic mass is 9.80. The Labute approximate surface area is 96.7 Å². The number of hydrogen-bond donors (Lipinski definition) is 2. The first-order valence-corrected chi connectivity index (χ1v) is 7.08. The van der Waals surface area contributed by atoms with Gasteiger partial charge in [0.2, 0.25) is 10.0 Å². The molecule has 1 fully saturated rings. The molecule has 0 aliphatic heterocycles. The van der Waals surface area contributed by atoms with Crippen molar-refractivity contribution >= 4 is 27.2 Å². The lowest BCUT2D eigenvalue weighted by molar-refractivity contribution is 0.247. The average molecular weight is 250 g/mol. The van der Waals surface area contributed by atoms with Gasteiger partial charge in [-0.15, -0.1) is 0 Å². The summed E-state index contributed by atoms with van der Waals surface area (Å²) in [6.45, 7) is 3.69. The number of nitrogens with one attached hydrogen (secondary N) is 1. The second-order valence-electron chi connectivity index (χ2n) is 4.36. The number of hydrogen-bond acceptors (Lipinski definition) is 3. The molecule has 6 heteroatoms. The zero-order valence-corrected chi connectivity index (χ0v) is 10.7. The van der Waals surface area contributed by atoms with Crippen LogP contribution in [0.25, 0.3) is 0 Å². The minimum Gasteiger partial charge on any atom is -0.392 e. The van der Waals surface area contributed by atoms with Crippen LogP contribution < -0.4 is 10.5 Å². The van der Waals surface area contributed by atoms with E-state index in [1.165, 1.54) is 0 Å². The van der Waals surface area contributed by atoms with Crippen molar-refractivity contribution in [2.75, 3.05) is 0 Å². The van der Waals surface area contributed by atoms with Crippen molar-refractivity contribution < 1.29 is 8.42 Å². The van der Waals surface area contributed by atoms with Gasteiger partial charge in [-0.2, -0.15) is 0 Å². The molecule has 0 aromatic rings. The van der Waals surface area contributed by atoms with Gasteiger partial charge in [-0.3, -0.25) is 0 Å². The summed E-state index contributed by atoms with van der Waals surface area (Å²) >= 11 is 4.77. The molecule has 1 aliphatic rings. The molecule has 88 valence electrons. The Morgan fingerprint density at radius 3 is 2.40 bits per heavy atom. The van der Waals surface area contributed by atoms with Crippen LogP contribution in [0.15, 0.2) is 0 Å². The average Bonchev–Trinajstić information content (AvgIpc) is 2.00. The van der Waals surface area contributed by atoms with Crippen LogP contribution >= 0.6 is 12.2 Å². The van der Waals surface area contributed by atoms with Crippen LogP contribution in [0.5, 0.6) is 0 Å². The fourth-order valence-electron chi connectivity index (χ4n) is 1.80. The van der Waals surface area contributed by atoms with Crippen LogP contribution in [0.1, 0.15) is 39.5 Å². The Balaban J connectivity index is 2.77. The summed E-state index contributed by atoms with van der Waals surface area (Å²) in [6.07, 6.45) is 3.27. The highest BCUT2D eigenvalue weighted by molar-refractivity contribution is 7.93. The topological polar surface area (TPSA) is 72.2 Å². The molecule has 3 N–H and O–H groups in total. The second kappa shape index (κ2) is 4.35. The van der Waals surface area contributed by atoms with Crippen molar-refractivity contribution in [1.29, 1.82) is 0 Å². The third-order valence-corrected chi connectivity index (χ3v) is 5.46. The maximum absolute atomic E-state index is 11.9. The smallest absolute Gasteiger partial charge is 0.221 e. The Hall–Kier alpha value is -0.200. The zero-order valence-electron chi connectivity index (χ0n) is 9.12. The van der Waals surface area contributed by atoms with Gasteiger partial charge in [0.25, 0.3) is 0 Å². The molecule has 0 aromatic carbocycles. The lowest BCUT2D eigenvalue weighted by Crippen LogP contribution is -2.55. The van der Waals surface area contributed by atoms with E-state index in [1.54, 1.807) is 6.92 Å².